The predicted molar refractivity (Wildman–Crippen MR) is 69.4 cm³/mol. The van der Waals surface area contributed by atoms with Gasteiger partial charge >= 0.3 is 0 Å². The zero-order chi connectivity index (χ0) is 13.1. The second-order valence-corrected chi connectivity index (χ2v) is 4.18. The molecule has 94 valence electrons. The Kier molecular flexibility index (Phi) is 3.43. The molecule has 0 saturated heterocycles. The van der Waals surface area contributed by atoms with Crippen LogP contribution in [0.15, 0.2) is 41.3 Å². The van der Waals surface area contributed by atoms with Crippen LogP contribution < -0.4 is 0 Å². The average Bonchev–Trinajstić information content (AvgIpc) is 2.69. The second kappa shape index (κ2) is 5.01. The maximum absolute atomic E-state index is 10.7. The second-order valence-electron chi connectivity index (χ2n) is 4.18. The summed E-state index contributed by atoms with van der Waals surface area (Å²) in [7, 11) is 1.96. The van der Waals surface area contributed by atoms with Crippen molar-refractivity contribution in [1.82, 2.24) is 4.90 Å². The number of benzene rings is 1. The molecule has 0 aliphatic rings. The van der Waals surface area contributed by atoms with Crippen molar-refractivity contribution < 1.29 is 9.34 Å². The molecule has 0 bridgehead atoms. The van der Waals surface area contributed by atoms with Gasteiger partial charge in [-0.05, 0) is 19.2 Å². The summed E-state index contributed by atoms with van der Waals surface area (Å²) in [5.41, 5.74) is 0.747. The third-order valence-electron chi connectivity index (χ3n) is 2.63. The van der Waals surface area contributed by atoms with E-state index in [0.717, 1.165) is 17.7 Å². The van der Waals surface area contributed by atoms with Crippen molar-refractivity contribution in [3.05, 3.63) is 52.8 Å². The largest absolute Gasteiger partial charge is 0.460 e. The van der Waals surface area contributed by atoms with Crippen molar-refractivity contribution in [3.8, 4) is 0 Å². The van der Waals surface area contributed by atoms with Gasteiger partial charge in [-0.15, -0.1) is 6.58 Å². The summed E-state index contributed by atoms with van der Waals surface area (Å²) < 4.78 is 5.62. The molecule has 0 N–H and O–H groups in total. The molecule has 2 aromatic rings. The Morgan fingerprint density at radius 2 is 2.28 bits per heavy atom. The molecule has 0 aliphatic heterocycles. The lowest BCUT2D eigenvalue weighted by atomic mass is 10.2. The summed E-state index contributed by atoms with van der Waals surface area (Å²) in [4.78, 5) is 12.3. The van der Waals surface area contributed by atoms with Crippen LogP contribution in [0, 0.1) is 10.1 Å². The fourth-order valence-electron chi connectivity index (χ4n) is 1.83. The highest BCUT2D eigenvalue weighted by Crippen LogP contribution is 2.24. The fourth-order valence-corrected chi connectivity index (χ4v) is 1.83. The molecule has 1 aromatic heterocycles. The number of rotatable bonds is 5. The van der Waals surface area contributed by atoms with Crippen molar-refractivity contribution in [1.29, 1.82) is 0 Å². The smallest absolute Gasteiger partial charge is 0.270 e. The van der Waals surface area contributed by atoms with E-state index in [1.807, 2.05) is 24.1 Å². The summed E-state index contributed by atoms with van der Waals surface area (Å²) in [6.07, 6.45) is 1.81. The van der Waals surface area contributed by atoms with Crippen LogP contribution in [-0.2, 0) is 6.54 Å². The lowest BCUT2D eigenvalue weighted by Gasteiger charge is -2.11. The molecule has 0 fully saturated rings. The molecule has 5 heteroatoms. The minimum Gasteiger partial charge on any atom is -0.460 e. The number of fused-ring (bicyclic) bond motifs is 1. The van der Waals surface area contributed by atoms with E-state index in [0.29, 0.717) is 12.1 Å². The van der Waals surface area contributed by atoms with Crippen molar-refractivity contribution in [2.45, 2.75) is 6.54 Å². The van der Waals surface area contributed by atoms with E-state index in [9.17, 15) is 10.1 Å². The Balaban J connectivity index is 2.27. The molecule has 0 spiro atoms. The lowest BCUT2D eigenvalue weighted by Crippen LogP contribution is -2.16. The van der Waals surface area contributed by atoms with E-state index >= 15 is 0 Å². The standard InChI is InChI=1S/C13H14N2O3/c1-3-6-14(2)9-12-8-10-7-11(15(16)17)4-5-13(10)18-12/h3-5,7-8H,1,6,9H2,2H3. The zero-order valence-electron chi connectivity index (χ0n) is 10.1. The van der Waals surface area contributed by atoms with Crippen molar-refractivity contribution in [2.24, 2.45) is 0 Å². The minimum atomic E-state index is -0.407. The number of hydrogen-bond acceptors (Lipinski definition) is 4. The highest BCUT2D eigenvalue weighted by Gasteiger charge is 2.10. The van der Waals surface area contributed by atoms with E-state index in [1.165, 1.54) is 12.1 Å². The van der Waals surface area contributed by atoms with Crippen molar-refractivity contribution >= 4 is 16.7 Å². The van der Waals surface area contributed by atoms with Crippen LogP contribution in [0.25, 0.3) is 11.0 Å². The van der Waals surface area contributed by atoms with E-state index in [2.05, 4.69) is 6.58 Å². The van der Waals surface area contributed by atoms with Crippen LogP contribution in [0.5, 0.6) is 0 Å². The first-order valence-electron chi connectivity index (χ1n) is 5.56. The average molecular weight is 246 g/mol. The summed E-state index contributed by atoms with van der Waals surface area (Å²) in [6.45, 7) is 5.08. The van der Waals surface area contributed by atoms with E-state index < -0.39 is 4.92 Å². The number of hydrogen-bond donors (Lipinski definition) is 0. The van der Waals surface area contributed by atoms with Crippen LogP contribution in [0.2, 0.25) is 0 Å². The zero-order valence-corrected chi connectivity index (χ0v) is 10.1. The van der Waals surface area contributed by atoms with Gasteiger partial charge in [0.25, 0.3) is 5.69 Å². The molecule has 0 atom stereocenters. The molecule has 0 radical (unpaired) electrons. The Morgan fingerprint density at radius 3 is 2.94 bits per heavy atom. The Bertz CT molecular complexity index is 589. The molecule has 2 rings (SSSR count). The van der Waals surface area contributed by atoms with Crippen LogP contribution in [0.4, 0.5) is 5.69 Å². The van der Waals surface area contributed by atoms with Gasteiger partial charge in [0.05, 0.1) is 11.5 Å². The molecule has 0 unspecified atom stereocenters. The highest BCUT2D eigenvalue weighted by molar-refractivity contribution is 5.80. The van der Waals surface area contributed by atoms with Gasteiger partial charge in [-0.25, -0.2) is 0 Å². The molecule has 1 heterocycles. The maximum atomic E-state index is 10.7. The van der Waals surface area contributed by atoms with Gasteiger partial charge in [0, 0.05) is 24.1 Å². The Labute approximate surface area is 104 Å². The summed E-state index contributed by atoms with van der Waals surface area (Å²) in [5, 5.41) is 11.4. The number of non-ortho nitro benzene ring substituents is 1. The molecule has 0 saturated carbocycles. The SMILES string of the molecule is C=CCN(C)Cc1cc2cc([N+](=O)[O-])ccc2o1. The normalized spacial score (nSPS) is 11.0. The summed E-state index contributed by atoms with van der Waals surface area (Å²) in [5.74, 6) is 0.787. The predicted octanol–water partition coefficient (Wildman–Crippen LogP) is 2.96. The Morgan fingerprint density at radius 1 is 1.50 bits per heavy atom. The van der Waals surface area contributed by atoms with Crippen LogP contribution in [-0.4, -0.2) is 23.4 Å². The quantitative estimate of drug-likeness (QED) is 0.462. The van der Waals surface area contributed by atoms with Gasteiger partial charge in [-0.1, -0.05) is 6.08 Å². The van der Waals surface area contributed by atoms with Crippen LogP contribution >= 0.6 is 0 Å². The van der Waals surface area contributed by atoms with Gasteiger partial charge in [-0.2, -0.15) is 0 Å². The monoisotopic (exact) mass is 246 g/mol. The van der Waals surface area contributed by atoms with E-state index in [1.54, 1.807) is 6.07 Å². The van der Waals surface area contributed by atoms with Gasteiger partial charge in [-0.3, -0.25) is 15.0 Å². The molecule has 0 aliphatic carbocycles. The van der Waals surface area contributed by atoms with Gasteiger partial charge < -0.3 is 4.42 Å². The topological polar surface area (TPSA) is 59.5 Å². The first-order chi connectivity index (χ1) is 8.60. The van der Waals surface area contributed by atoms with E-state index in [4.69, 9.17) is 4.42 Å². The molecule has 1 aromatic carbocycles. The number of likely N-dealkylation sites (N-methyl/N-ethyl adjacent to an activating group) is 1. The molecular formula is C13H14N2O3. The fraction of sp³-hybridized carbons (Fsp3) is 0.231. The lowest BCUT2D eigenvalue weighted by molar-refractivity contribution is -0.384. The van der Waals surface area contributed by atoms with Crippen LogP contribution in [0.3, 0.4) is 0 Å². The van der Waals surface area contributed by atoms with E-state index in [-0.39, 0.29) is 5.69 Å². The third kappa shape index (κ3) is 2.57. The first kappa shape index (κ1) is 12.3. The first-order valence-corrected chi connectivity index (χ1v) is 5.56. The number of nitro groups is 1. The minimum absolute atomic E-state index is 0.0781. The number of nitro benzene ring substituents is 1. The number of nitrogens with zero attached hydrogens (tertiary/aromatic N) is 2. The molecule has 0 amide bonds. The third-order valence-corrected chi connectivity index (χ3v) is 2.63. The summed E-state index contributed by atoms with van der Waals surface area (Å²) in [6, 6.07) is 6.44. The highest BCUT2D eigenvalue weighted by atomic mass is 16.6. The number of furan rings is 1. The van der Waals surface area contributed by atoms with Crippen molar-refractivity contribution in [2.75, 3.05) is 13.6 Å². The maximum Gasteiger partial charge on any atom is 0.270 e. The molecule has 5 nitrogen and oxygen atoms in total. The summed E-state index contributed by atoms with van der Waals surface area (Å²) >= 11 is 0. The Hall–Kier alpha value is -2.14. The van der Waals surface area contributed by atoms with Gasteiger partial charge in [0.2, 0.25) is 0 Å². The van der Waals surface area contributed by atoms with Crippen LogP contribution in [0.1, 0.15) is 5.76 Å². The molecular weight excluding hydrogens is 232 g/mol. The van der Waals surface area contributed by atoms with Gasteiger partial charge in [0.15, 0.2) is 0 Å². The molecule has 18 heavy (non-hydrogen) atoms. The van der Waals surface area contributed by atoms with Gasteiger partial charge in [0.1, 0.15) is 11.3 Å². The van der Waals surface area contributed by atoms with Crippen molar-refractivity contribution in [3.63, 3.8) is 0 Å².